The van der Waals surface area contributed by atoms with Crippen molar-refractivity contribution in [1.82, 2.24) is 10.3 Å². The number of hydrogen-bond acceptors (Lipinski definition) is 3. The van der Waals surface area contributed by atoms with Crippen LogP contribution in [0.15, 0.2) is 48.7 Å². The smallest absolute Gasteiger partial charge is 0.253 e. The second-order valence-electron chi connectivity index (χ2n) is 4.18. The molecule has 0 saturated heterocycles. The Kier molecular flexibility index (Phi) is 4.03. The molecule has 1 aromatic heterocycles. The fraction of sp³-hybridized carbons (Fsp3) is 0.133. The maximum atomic E-state index is 11.7. The Labute approximate surface area is 111 Å². The normalized spacial score (nSPS) is 9.95. The lowest BCUT2D eigenvalue weighted by Gasteiger charge is -2.04. The number of nitrogens with one attached hydrogen (secondary N) is 1. The molecule has 2 rings (SSSR count). The first kappa shape index (κ1) is 13.0. The summed E-state index contributed by atoms with van der Waals surface area (Å²) < 4.78 is 0. The zero-order valence-electron chi connectivity index (χ0n) is 10.6. The summed E-state index contributed by atoms with van der Waals surface area (Å²) in [6.45, 7) is 1.47. The number of aromatic nitrogens is 1. The maximum Gasteiger partial charge on any atom is 0.253 e. The minimum atomic E-state index is -0.290. The Bertz CT molecular complexity index is 577. The minimum absolute atomic E-state index is 0.0409. The number of ketones is 1. The third-order valence-corrected chi connectivity index (χ3v) is 2.59. The Balaban J connectivity index is 2.10. The summed E-state index contributed by atoms with van der Waals surface area (Å²) >= 11 is 0. The quantitative estimate of drug-likeness (QED) is 0.908. The fourth-order valence-electron chi connectivity index (χ4n) is 1.61. The van der Waals surface area contributed by atoms with Gasteiger partial charge in [0.1, 0.15) is 5.78 Å². The number of carbonyl (C=O) groups excluding carboxylic acids is 2. The number of Topliss-reactive ketones (excluding diaryl/α,β-unsaturated/α-hetero) is 1. The van der Waals surface area contributed by atoms with Crippen LogP contribution < -0.4 is 5.32 Å². The van der Waals surface area contributed by atoms with Gasteiger partial charge in [-0.05, 0) is 19.1 Å². The SMILES string of the molecule is CC(=O)CNC(=O)c1ccc(-c2ccccc2)nc1. The van der Waals surface area contributed by atoms with Crippen molar-refractivity contribution in [2.24, 2.45) is 0 Å². The van der Waals surface area contributed by atoms with E-state index in [4.69, 9.17) is 0 Å². The first-order chi connectivity index (χ1) is 9.16. The largest absolute Gasteiger partial charge is 0.345 e. The third kappa shape index (κ3) is 3.48. The summed E-state index contributed by atoms with van der Waals surface area (Å²) in [6, 6.07) is 13.2. The van der Waals surface area contributed by atoms with Crippen LogP contribution in [0, 0.1) is 0 Å². The van der Waals surface area contributed by atoms with Crippen molar-refractivity contribution in [3.8, 4) is 11.3 Å². The lowest BCUT2D eigenvalue weighted by molar-refractivity contribution is -0.116. The van der Waals surface area contributed by atoms with Crippen molar-refractivity contribution in [3.05, 3.63) is 54.2 Å². The van der Waals surface area contributed by atoms with Crippen molar-refractivity contribution in [2.75, 3.05) is 6.54 Å². The first-order valence-electron chi connectivity index (χ1n) is 5.96. The summed E-state index contributed by atoms with van der Waals surface area (Å²) in [5.74, 6) is -0.371. The molecule has 0 aliphatic carbocycles. The molecule has 1 N–H and O–H groups in total. The number of hydrogen-bond donors (Lipinski definition) is 1. The summed E-state index contributed by atoms with van der Waals surface area (Å²) in [7, 11) is 0. The highest BCUT2D eigenvalue weighted by Crippen LogP contribution is 2.15. The van der Waals surface area contributed by atoms with E-state index in [1.54, 1.807) is 12.1 Å². The Morgan fingerprint density at radius 2 is 1.84 bits per heavy atom. The van der Waals surface area contributed by atoms with E-state index in [1.807, 2.05) is 30.3 Å². The highest BCUT2D eigenvalue weighted by molar-refractivity contribution is 5.96. The molecule has 2 aromatic rings. The first-order valence-corrected chi connectivity index (χ1v) is 5.96. The van der Waals surface area contributed by atoms with Crippen molar-refractivity contribution in [3.63, 3.8) is 0 Å². The van der Waals surface area contributed by atoms with Crippen LogP contribution in [0.2, 0.25) is 0 Å². The van der Waals surface area contributed by atoms with Crippen molar-refractivity contribution >= 4 is 11.7 Å². The van der Waals surface area contributed by atoms with E-state index < -0.39 is 0 Å². The molecule has 0 spiro atoms. The van der Waals surface area contributed by atoms with Crippen LogP contribution in [-0.4, -0.2) is 23.2 Å². The second-order valence-corrected chi connectivity index (χ2v) is 4.18. The molecule has 0 unspecified atom stereocenters. The van der Waals surface area contributed by atoms with E-state index in [1.165, 1.54) is 13.1 Å². The van der Waals surface area contributed by atoms with Crippen LogP contribution in [0.4, 0.5) is 0 Å². The van der Waals surface area contributed by atoms with E-state index in [0.717, 1.165) is 11.3 Å². The lowest BCUT2D eigenvalue weighted by Crippen LogP contribution is -2.28. The van der Waals surface area contributed by atoms with Gasteiger partial charge in [-0.1, -0.05) is 30.3 Å². The number of rotatable bonds is 4. The Hall–Kier alpha value is -2.49. The molecule has 4 heteroatoms. The average molecular weight is 254 g/mol. The topological polar surface area (TPSA) is 59.1 Å². The van der Waals surface area contributed by atoms with Gasteiger partial charge in [-0.2, -0.15) is 0 Å². The zero-order chi connectivity index (χ0) is 13.7. The fourth-order valence-corrected chi connectivity index (χ4v) is 1.61. The Morgan fingerprint density at radius 1 is 1.11 bits per heavy atom. The van der Waals surface area contributed by atoms with Crippen molar-refractivity contribution in [1.29, 1.82) is 0 Å². The number of carbonyl (C=O) groups is 2. The summed E-state index contributed by atoms with van der Waals surface area (Å²) in [6.07, 6.45) is 1.51. The van der Waals surface area contributed by atoms with Gasteiger partial charge in [0.15, 0.2) is 0 Å². The highest BCUT2D eigenvalue weighted by atomic mass is 16.2. The van der Waals surface area contributed by atoms with Gasteiger partial charge in [0.05, 0.1) is 17.8 Å². The average Bonchev–Trinajstić information content (AvgIpc) is 2.46. The van der Waals surface area contributed by atoms with Gasteiger partial charge in [0.25, 0.3) is 5.91 Å². The van der Waals surface area contributed by atoms with Gasteiger partial charge in [0, 0.05) is 11.8 Å². The third-order valence-electron chi connectivity index (χ3n) is 2.59. The molecule has 96 valence electrons. The molecule has 0 fully saturated rings. The number of pyridine rings is 1. The van der Waals surface area contributed by atoms with Gasteiger partial charge in [-0.25, -0.2) is 0 Å². The van der Waals surface area contributed by atoms with Crippen molar-refractivity contribution in [2.45, 2.75) is 6.92 Å². The second kappa shape index (κ2) is 5.91. The van der Waals surface area contributed by atoms with Crippen LogP contribution in [0.25, 0.3) is 11.3 Å². The molecule has 0 saturated carbocycles. The predicted octanol–water partition coefficient (Wildman–Crippen LogP) is 2.07. The van der Waals surface area contributed by atoms with E-state index in [2.05, 4.69) is 10.3 Å². The molecule has 1 heterocycles. The molecular weight excluding hydrogens is 240 g/mol. The van der Waals surface area contributed by atoms with Crippen LogP contribution in [0.3, 0.4) is 0 Å². The Morgan fingerprint density at radius 3 is 2.42 bits per heavy atom. The number of benzene rings is 1. The molecule has 1 aromatic carbocycles. The van der Waals surface area contributed by atoms with Crippen LogP contribution in [0.5, 0.6) is 0 Å². The molecule has 4 nitrogen and oxygen atoms in total. The minimum Gasteiger partial charge on any atom is -0.345 e. The lowest BCUT2D eigenvalue weighted by atomic mass is 10.1. The standard InChI is InChI=1S/C15H14N2O2/c1-11(18)9-17-15(19)13-7-8-14(16-10-13)12-5-3-2-4-6-12/h2-8,10H,9H2,1H3,(H,17,19). The number of nitrogens with zero attached hydrogens (tertiary/aromatic N) is 1. The molecule has 1 amide bonds. The molecule has 0 aliphatic heterocycles. The van der Waals surface area contributed by atoms with E-state index in [-0.39, 0.29) is 18.2 Å². The highest BCUT2D eigenvalue weighted by Gasteiger charge is 2.07. The predicted molar refractivity (Wildman–Crippen MR) is 72.7 cm³/mol. The van der Waals surface area contributed by atoms with E-state index in [9.17, 15) is 9.59 Å². The molecule has 0 aliphatic rings. The van der Waals surface area contributed by atoms with Gasteiger partial charge < -0.3 is 5.32 Å². The van der Waals surface area contributed by atoms with Gasteiger partial charge in [-0.3, -0.25) is 14.6 Å². The van der Waals surface area contributed by atoms with Crippen molar-refractivity contribution < 1.29 is 9.59 Å². The van der Waals surface area contributed by atoms with Gasteiger partial charge in [-0.15, -0.1) is 0 Å². The summed E-state index contributed by atoms with van der Waals surface area (Å²) in [4.78, 5) is 26.7. The van der Waals surface area contributed by atoms with Gasteiger partial charge in [0.2, 0.25) is 0 Å². The molecule has 0 radical (unpaired) electrons. The monoisotopic (exact) mass is 254 g/mol. The van der Waals surface area contributed by atoms with Gasteiger partial charge >= 0.3 is 0 Å². The van der Waals surface area contributed by atoms with Crippen LogP contribution in [-0.2, 0) is 4.79 Å². The number of amides is 1. The maximum absolute atomic E-state index is 11.7. The molecule has 0 bridgehead atoms. The summed E-state index contributed by atoms with van der Waals surface area (Å²) in [5, 5.41) is 2.53. The molecular formula is C15H14N2O2. The van der Waals surface area contributed by atoms with Crippen LogP contribution >= 0.6 is 0 Å². The molecule has 19 heavy (non-hydrogen) atoms. The van der Waals surface area contributed by atoms with E-state index >= 15 is 0 Å². The van der Waals surface area contributed by atoms with E-state index in [0.29, 0.717) is 5.56 Å². The molecule has 0 atom stereocenters. The van der Waals surface area contributed by atoms with Crippen LogP contribution in [0.1, 0.15) is 17.3 Å². The summed E-state index contributed by atoms with van der Waals surface area (Å²) in [5.41, 5.74) is 2.25. The zero-order valence-corrected chi connectivity index (χ0v) is 10.6.